The second-order valence-electron chi connectivity index (χ2n) is 6.09. The van der Waals surface area contributed by atoms with Crippen molar-refractivity contribution in [1.29, 1.82) is 5.26 Å². The third-order valence-electron chi connectivity index (χ3n) is 4.23. The van der Waals surface area contributed by atoms with Gasteiger partial charge < -0.3 is 10.2 Å². The van der Waals surface area contributed by atoms with E-state index in [4.69, 9.17) is 5.26 Å². The van der Waals surface area contributed by atoms with Gasteiger partial charge in [0.15, 0.2) is 0 Å². The van der Waals surface area contributed by atoms with E-state index in [2.05, 4.69) is 42.1 Å². The number of thioether (sulfide) groups is 1. The summed E-state index contributed by atoms with van der Waals surface area (Å²) < 4.78 is 0.967. The Morgan fingerprint density at radius 3 is 2.70 bits per heavy atom. The lowest BCUT2D eigenvalue weighted by Crippen LogP contribution is -2.48. The van der Waals surface area contributed by atoms with Gasteiger partial charge in [-0.3, -0.25) is 9.69 Å². The summed E-state index contributed by atoms with van der Waals surface area (Å²) in [6, 6.07) is 13.7. The number of nitriles is 1. The normalized spacial score (nSPS) is 14.6. The minimum absolute atomic E-state index is 0.0322. The Kier molecular flexibility index (Phi) is 7.10. The van der Waals surface area contributed by atoms with Crippen LogP contribution in [0.2, 0.25) is 0 Å². The van der Waals surface area contributed by atoms with Crippen LogP contribution < -0.4 is 10.2 Å². The van der Waals surface area contributed by atoms with Crippen molar-refractivity contribution in [2.45, 2.75) is 4.90 Å². The standard InChI is InChI=1S/C19H20BrN5OS/c20-15-5-6-18(22-13-15)25-10-8-24(9-11-25)14-19(26)23-16-3-1-2-4-17(16)27-12-7-21/h1-6,13H,8-12,14H2,(H,23,26). The van der Waals surface area contributed by atoms with Crippen molar-refractivity contribution in [3.63, 3.8) is 0 Å². The minimum Gasteiger partial charge on any atom is -0.354 e. The van der Waals surface area contributed by atoms with Crippen LogP contribution in [0.25, 0.3) is 0 Å². The number of pyridine rings is 1. The van der Waals surface area contributed by atoms with Crippen molar-refractivity contribution < 1.29 is 4.79 Å². The summed E-state index contributed by atoms with van der Waals surface area (Å²) in [5.74, 6) is 1.29. The van der Waals surface area contributed by atoms with E-state index in [1.165, 1.54) is 11.8 Å². The van der Waals surface area contributed by atoms with Crippen LogP contribution >= 0.6 is 27.7 Å². The second-order valence-corrected chi connectivity index (χ2v) is 8.02. The highest BCUT2D eigenvalue weighted by molar-refractivity contribution is 9.10. The van der Waals surface area contributed by atoms with Crippen LogP contribution in [0.1, 0.15) is 0 Å². The van der Waals surface area contributed by atoms with Gasteiger partial charge in [-0.2, -0.15) is 5.26 Å². The molecule has 1 amide bonds. The number of para-hydroxylation sites is 1. The lowest BCUT2D eigenvalue weighted by Gasteiger charge is -2.35. The molecule has 0 radical (unpaired) electrons. The molecule has 0 atom stereocenters. The molecule has 1 saturated heterocycles. The quantitative estimate of drug-likeness (QED) is 0.688. The van der Waals surface area contributed by atoms with Gasteiger partial charge in [-0.1, -0.05) is 12.1 Å². The fraction of sp³-hybridized carbons (Fsp3) is 0.316. The van der Waals surface area contributed by atoms with E-state index in [1.54, 1.807) is 6.20 Å². The first-order chi connectivity index (χ1) is 13.2. The zero-order chi connectivity index (χ0) is 19.1. The Hall–Kier alpha value is -2.08. The monoisotopic (exact) mass is 445 g/mol. The molecule has 1 fully saturated rings. The van der Waals surface area contributed by atoms with Gasteiger partial charge in [0.1, 0.15) is 5.82 Å². The molecule has 1 aromatic carbocycles. The molecule has 1 aliphatic heterocycles. The van der Waals surface area contributed by atoms with Crippen LogP contribution in [0, 0.1) is 11.3 Å². The van der Waals surface area contributed by atoms with Gasteiger partial charge >= 0.3 is 0 Å². The summed E-state index contributed by atoms with van der Waals surface area (Å²) in [5.41, 5.74) is 0.764. The van der Waals surface area contributed by atoms with Gasteiger partial charge in [0.2, 0.25) is 5.91 Å². The summed E-state index contributed by atoms with van der Waals surface area (Å²) in [4.78, 5) is 22.2. The molecular formula is C19H20BrN5OS. The number of halogens is 1. The van der Waals surface area contributed by atoms with Crippen LogP contribution in [-0.4, -0.2) is 54.3 Å². The maximum atomic E-state index is 12.4. The molecular weight excluding hydrogens is 426 g/mol. The van der Waals surface area contributed by atoms with E-state index in [9.17, 15) is 4.79 Å². The van der Waals surface area contributed by atoms with E-state index >= 15 is 0 Å². The van der Waals surface area contributed by atoms with Gasteiger partial charge in [0.25, 0.3) is 0 Å². The lowest BCUT2D eigenvalue weighted by molar-refractivity contribution is -0.117. The van der Waals surface area contributed by atoms with Gasteiger partial charge in [0.05, 0.1) is 24.1 Å². The van der Waals surface area contributed by atoms with Crippen molar-refractivity contribution >= 4 is 45.1 Å². The number of carbonyl (C=O) groups excluding carboxylic acids is 1. The SMILES string of the molecule is N#CCSc1ccccc1NC(=O)CN1CCN(c2ccc(Br)cn2)CC1. The summed E-state index contributed by atoms with van der Waals surface area (Å²) in [6.07, 6.45) is 1.80. The Morgan fingerprint density at radius 1 is 1.22 bits per heavy atom. The average molecular weight is 446 g/mol. The smallest absolute Gasteiger partial charge is 0.238 e. The summed E-state index contributed by atoms with van der Waals surface area (Å²) in [7, 11) is 0. The lowest BCUT2D eigenvalue weighted by atomic mass is 10.3. The first-order valence-electron chi connectivity index (χ1n) is 8.63. The molecule has 0 unspecified atom stereocenters. The highest BCUT2D eigenvalue weighted by Crippen LogP contribution is 2.26. The molecule has 27 heavy (non-hydrogen) atoms. The molecule has 6 nitrogen and oxygen atoms in total. The second kappa shape index (κ2) is 9.74. The van der Waals surface area contributed by atoms with E-state index in [1.807, 2.05) is 36.4 Å². The van der Waals surface area contributed by atoms with Crippen molar-refractivity contribution in [3.8, 4) is 6.07 Å². The van der Waals surface area contributed by atoms with E-state index in [0.29, 0.717) is 12.3 Å². The molecule has 2 aromatic rings. The zero-order valence-corrected chi connectivity index (χ0v) is 17.2. The number of benzene rings is 1. The number of nitrogens with one attached hydrogen (secondary N) is 1. The van der Waals surface area contributed by atoms with Crippen molar-refractivity contribution in [1.82, 2.24) is 9.88 Å². The topological polar surface area (TPSA) is 72.3 Å². The summed E-state index contributed by atoms with van der Waals surface area (Å²) in [5, 5.41) is 11.7. The van der Waals surface area contributed by atoms with Gasteiger partial charge in [-0.15, -0.1) is 11.8 Å². The average Bonchev–Trinajstić information content (AvgIpc) is 2.68. The third-order valence-corrected chi connectivity index (χ3v) is 5.64. The number of carbonyl (C=O) groups is 1. The zero-order valence-electron chi connectivity index (χ0n) is 14.8. The first kappa shape index (κ1) is 19.7. The van der Waals surface area contributed by atoms with Crippen LogP contribution in [-0.2, 0) is 4.79 Å². The molecule has 0 aliphatic carbocycles. The number of anilines is 2. The van der Waals surface area contributed by atoms with Crippen LogP contribution in [0.4, 0.5) is 11.5 Å². The van der Waals surface area contributed by atoms with E-state index < -0.39 is 0 Å². The predicted molar refractivity (Wildman–Crippen MR) is 112 cm³/mol. The van der Waals surface area contributed by atoms with Crippen LogP contribution in [0.3, 0.4) is 0 Å². The maximum Gasteiger partial charge on any atom is 0.238 e. The third kappa shape index (κ3) is 5.70. The molecule has 1 N–H and O–H groups in total. The number of rotatable bonds is 6. The highest BCUT2D eigenvalue weighted by atomic mass is 79.9. The fourth-order valence-electron chi connectivity index (χ4n) is 2.89. The first-order valence-corrected chi connectivity index (χ1v) is 10.4. The molecule has 1 aliphatic rings. The van der Waals surface area contributed by atoms with Crippen LogP contribution in [0.5, 0.6) is 0 Å². The largest absolute Gasteiger partial charge is 0.354 e. The van der Waals surface area contributed by atoms with Gasteiger partial charge in [0, 0.05) is 41.7 Å². The Bertz CT molecular complexity index is 816. The highest BCUT2D eigenvalue weighted by Gasteiger charge is 2.20. The molecule has 0 bridgehead atoms. The predicted octanol–water partition coefficient (Wildman–Crippen LogP) is 3.22. The summed E-state index contributed by atoms with van der Waals surface area (Å²) in [6.45, 7) is 3.68. The number of nitrogens with zero attached hydrogens (tertiary/aromatic N) is 4. The summed E-state index contributed by atoms with van der Waals surface area (Å²) >= 11 is 4.83. The Morgan fingerprint density at radius 2 is 2.00 bits per heavy atom. The fourth-order valence-corrected chi connectivity index (χ4v) is 3.79. The maximum absolute atomic E-state index is 12.4. The van der Waals surface area contributed by atoms with Crippen LogP contribution in [0.15, 0.2) is 52.0 Å². The molecule has 8 heteroatoms. The van der Waals surface area contributed by atoms with Crippen molar-refractivity contribution in [2.24, 2.45) is 0 Å². The number of hydrogen-bond acceptors (Lipinski definition) is 6. The molecule has 0 spiro atoms. The van der Waals surface area contributed by atoms with Crippen molar-refractivity contribution in [2.75, 3.05) is 48.7 Å². The van der Waals surface area contributed by atoms with E-state index in [-0.39, 0.29) is 5.91 Å². The molecule has 140 valence electrons. The number of piperazine rings is 1. The molecule has 3 rings (SSSR count). The van der Waals surface area contributed by atoms with E-state index in [0.717, 1.165) is 47.1 Å². The number of amides is 1. The molecule has 2 heterocycles. The van der Waals surface area contributed by atoms with Gasteiger partial charge in [-0.05, 0) is 40.2 Å². The number of hydrogen-bond donors (Lipinski definition) is 1. The Balaban J connectivity index is 1.50. The Labute approximate surface area is 171 Å². The minimum atomic E-state index is -0.0322. The molecule has 1 aromatic heterocycles. The van der Waals surface area contributed by atoms with Gasteiger partial charge in [-0.25, -0.2) is 4.98 Å². The molecule has 0 saturated carbocycles. The number of aromatic nitrogens is 1. The van der Waals surface area contributed by atoms with Crippen molar-refractivity contribution in [3.05, 3.63) is 47.1 Å².